The SMILES string of the molecule is COc1ccccc1-c1cc(C(=O)NCCN2CCOCC2)n(C)n1. The highest BCUT2D eigenvalue weighted by Gasteiger charge is 2.17. The first-order valence-corrected chi connectivity index (χ1v) is 8.45. The fourth-order valence-corrected chi connectivity index (χ4v) is 2.91. The number of benzene rings is 1. The summed E-state index contributed by atoms with van der Waals surface area (Å²) < 4.78 is 12.3. The minimum atomic E-state index is -0.121. The lowest BCUT2D eigenvalue weighted by Crippen LogP contribution is -2.41. The molecule has 1 amide bonds. The predicted molar refractivity (Wildman–Crippen MR) is 94.8 cm³/mol. The van der Waals surface area contributed by atoms with Gasteiger partial charge in [-0.3, -0.25) is 14.4 Å². The van der Waals surface area contributed by atoms with Crippen molar-refractivity contribution in [2.24, 2.45) is 7.05 Å². The van der Waals surface area contributed by atoms with E-state index in [-0.39, 0.29) is 5.91 Å². The zero-order chi connectivity index (χ0) is 17.6. The monoisotopic (exact) mass is 344 g/mol. The number of carbonyl (C=O) groups is 1. The fraction of sp³-hybridized carbons (Fsp3) is 0.444. The molecule has 1 aliphatic heterocycles. The molecule has 0 bridgehead atoms. The Balaban J connectivity index is 1.64. The van der Waals surface area contributed by atoms with Gasteiger partial charge in [-0.1, -0.05) is 12.1 Å². The summed E-state index contributed by atoms with van der Waals surface area (Å²) in [5.74, 6) is 0.615. The molecule has 0 saturated carbocycles. The molecule has 1 aromatic heterocycles. The molecule has 7 nitrogen and oxygen atoms in total. The number of amides is 1. The van der Waals surface area contributed by atoms with Crippen molar-refractivity contribution in [3.8, 4) is 17.0 Å². The third-order valence-corrected chi connectivity index (χ3v) is 4.31. The maximum Gasteiger partial charge on any atom is 0.269 e. The van der Waals surface area contributed by atoms with Crippen LogP contribution in [0.15, 0.2) is 30.3 Å². The normalized spacial score (nSPS) is 15.1. The van der Waals surface area contributed by atoms with Crippen LogP contribution in [-0.4, -0.2) is 67.1 Å². The Morgan fingerprint density at radius 1 is 1.32 bits per heavy atom. The van der Waals surface area contributed by atoms with Gasteiger partial charge in [-0.05, 0) is 18.2 Å². The molecule has 25 heavy (non-hydrogen) atoms. The van der Waals surface area contributed by atoms with Crippen LogP contribution in [0.2, 0.25) is 0 Å². The van der Waals surface area contributed by atoms with E-state index in [1.807, 2.05) is 24.3 Å². The van der Waals surface area contributed by atoms with Gasteiger partial charge in [0.25, 0.3) is 5.91 Å². The van der Waals surface area contributed by atoms with Crippen LogP contribution >= 0.6 is 0 Å². The highest BCUT2D eigenvalue weighted by molar-refractivity contribution is 5.93. The Hall–Kier alpha value is -2.38. The molecule has 1 aliphatic rings. The van der Waals surface area contributed by atoms with Gasteiger partial charge in [0, 0.05) is 38.8 Å². The number of para-hydroxylation sites is 1. The van der Waals surface area contributed by atoms with Gasteiger partial charge in [0.05, 0.1) is 26.0 Å². The van der Waals surface area contributed by atoms with Gasteiger partial charge >= 0.3 is 0 Å². The molecule has 7 heteroatoms. The number of carbonyl (C=O) groups excluding carboxylic acids is 1. The number of nitrogens with zero attached hydrogens (tertiary/aromatic N) is 3. The van der Waals surface area contributed by atoms with Crippen molar-refractivity contribution in [1.29, 1.82) is 0 Å². The van der Waals surface area contributed by atoms with Gasteiger partial charge in [-0.15, -0.1) is 0 Å². The van der Waals surface area contributed by atoms with E-state index >= 15 is 0 Å². The second-order valence-electron chi connectivity index (χ2n) is 5.95. The molecular weight excluding hydrogens is 320 g/mol. The van der Waals surface area contributed by atoms with E-state index in [0.717, 1.165) is 49.9 Å². The molecule has 1 aromatic carbocycles. The molecule has 1 fully saturated rings. The molecule has 0 atom stereocenters. The maximum absolute atomic E-state index is 12.5. The number of nitrogens with one attached hydrogen (secondary N) is 1. The standard InChI is InChI=1S/C18H24N4O3/c1-21-16(18(23)19-7-8-22-9-11-25-12-10-22)13-15(20-21)14-5-3-4-6-17(14)24-2/h3-6,13H,7-12H2,1-2H3,(H,19,23). The van der Waals surface area contributed by atoms with Crippen molar-refractivity contribution in [2.45, 2.75) is 0 Å². The van der Waals surface area contributed by atoms with Crippen LogP contribution < -0.4 is 10.1 Å². The predicted octanol–water partition coefficient (Wildman–Crippen LogP) is 1.16. The lowest BCUT2D eigenvalue weighted by atomic mass is 10.1. The van der Waals surface area contributed by atoms with Crippen LogP contribution in [0.4, 0.5) is 0 Å². The maximum atomic E-state index is 12.5. The van der Waals surface area contributed by atoms with E-state index < -0.39 is 0 Å². The third-order valence-electron chi connectivity index (χ3n) is 4.31. The summed E-state index contributed by atoms with van der Waals surface area (Å²) in [7, 11) is 3.40. The van der Waals surface area contributed by atoms with Gasteiger partial charge in [0.2, 0.25) is 0 Å². The number of aryl methyl sites for hydroxylation is 1. The van der Waals surface area contributed by atoms with Crippen LogP contribution in [-0.2, 0) is 11.8 Å². The minimum Gasteiger partial charge on any atom is -0.496 e. The van der Waals surface area contributed by atoms with E-state index in [0.29, 0.717) is 12.2 Å². The number of aromatic nitrogens is 2. The topological polar surface area (TPSA) is 68.6 Å². The van der Waals surface area contributed by atoms with Crippen LogP contribution in [0.1, 0.15) is 10.5 Å². The molecule has 0 aliphatic carbocycles. The lowest BCUT2D eigenvalue weighted by Gasteiger charge is -2.26. The van der Waals surface area contributed by atoms with Crippen molar-refractivity contribution >= 4 is 5.91 Å². The van der Waals surface area contributed by atoms with Crippen LogP contribution in [0.5, 0.6) is 5.75 Å². The fourth-order valence-electron chi connectivity index (χ4n) is 2.91. The number of rotatable bonds is 6. The van der Waals surface area contributed by atoms with Crippen molar-refractivity contribution in [1.82, 2.24) is 20.0 Å². The molecule has 0 radical (unpaired) electrons. The first kappa shape index (κ1) is 17.4. The van der Waals surface area contributed by atoms with Crippen molar-refractivity contribution < 1.29 is 14.3 Å². The molecule has 134 valence electrons. The molecule has 3 rings (SSSR count). The summed E-state index contributed by atoms with van der Waals surface area (Å²) in [6, 6.07) is 9.44. The first-order chi connectivity index (χ1) is 12.2. The average Bonchev–Trinajstić information content (AvgIpc) is 3.04. The second-order valence-corrected chi connectivity index (χ2v) is 5.95. The zero-order valence-corrected chi connectivity index (χ0v) is 14.7. The largest absolute Gasteiger partial charge is 0.496 e. The van der Waals surface area contributed by atoms with Crippen molar-refractivity contribution in [2.75, 3.05) is 46.5 Å². The van der Waals surface area contributed by atoms with Gasteiger partial charge in [0.1, 0.15) is 11.4 Å². The highest BCUT2D eigenvalue weighted by atomic mass is 16.5. The van der Waals surface area contributed by atoms with Gasteiger partial charge in [-0.2, -0.15) is 5.10 Å². The Labute approximate surface area is 147 Å². The minimum absolute atomic E-state index is 0.121. The summed E-state index contributed by atoms with van der Waals surface area (Å²) in [5.41, 5.74) is 2.12. The van der Waals surface area contributed by atoms with Crippen molar-refractivity contribution in [3.63, 3.8) is 0 Å². The van der Waals surface area contributed by atoms with Crippen molar-refractivity contribution in [3.05, 3.63) is 36.0 Å². The van der Waals surface area contributed by atoms with Gasteiger partial charge in [0.15, 0.2) is 0 Å². The summed E-state index contributed by atoms with van der Waals surface area (Å²) in [5, 5.41) is 7.42. The Morgan fingerprint density at radius 3 is 2.84 bits per heavy atom. The van der Waals surface area contributed by atoms with Crippen LogP contribution in [0, 0.1) is 0 Å². The van der Waals surface area contributed by atoms with E-state index in [1.54, 1.807) is 24.9 Å². The summed E-state index contributed by atoms with van der Waals surface area (Å²) in [6.45, 7) is 4.79. The van der Waals surface area contributed by atoms with E-state index in [2.05, 4.69) is 15.3 Å². The number of hydrogen-bond acceptors (Lipinski definition) is 5. The average molecular weight is 344 g/mol. The zero-order valence-electron chi connectivity index (χ0n) is 14.7. The Bertz CT molecular complexity index is 723. The highest BCUT2D eigenvalue weighted by Crippen LogP contribution is 2.28. The molecule has 1 N–H and O–H groups in total. The van der Waals surface area contributed by atoms with Crippen LogP contribution in [0.3, 0.4) is 0 Å². The lowest BCUT2D eigenvalue weighted by molar-refractivity contribution is 0.0383. The number of morpholine rings is 1. The summed E-state index contributed by atoms with van der Waals surface area (Å²) >= 11 is 0. The molecule has 2 aromatic rings. The Kier molecular flexibility index (Phi) is 5.67. The summed E-state index contributed by atoms with van der Waals surface area (Å²) in [4.78, 5) is 14.7. The number of ether oxygens (including phenoxy) is 2. The Morgan fingerprint density at radius 2 is 2.08 bits per heavy atom. The third kappa shape index (κ3) is 4.18. The molecule has 0 unspecified atom stereocenters. The molecule has 1 saturated heterocycles. The quantitative estimate of drug-likeness (QED) is 0.852. The first-order valence-electron chi connectivity index (χ1n) is 8.45. The van der Waals surface area contributed by atoms with E-state index in [9.17, 15) is 4.79 Å². The molecule has 2 heterocycles. The smallest absolute Gasteiger partial charge is 0.269 e. The number of hydrogen-bond donors (Lipinski definition) is 1. The second kappa shape index (κ2) is 8.13. The van der Waals surface area contributed by atoms with Crippen LogP contribution in [0.25, 0.3) is 11.3 Å². The molecular formula is C18H24N4O3. The number of methoxy groups -OCH3 is 1. The van der Waals surface area contributed by atoms with E-state index in [4.69, 9.17) is 9.47 Å². The summed E-state index contributed by atoms with van der Waals surface area (Å²) in [6.07, 6.45) is 0. The van der Waals surface area contributed by atoms with Gasteiger partial charge < -0.3 is 14.8 Å². The molecule has 0 spiro atoms. The van der Waals surface area contributed by atoms with Gasteiger partial charge in [-0.25, -0.2) is 0 Å². The van der Waals surface area contributed by atoms with E-state index in [1.165, 1.54) is 0 Å².